The Morgan fingerprint density at radius 2 is 1.42 bits per heavy atom. The number of benzene rings is 2. The predicted octanol–water partition coefficient (Wildman–Crippen LogP) is -2.05. The van der Waals surface area contributed by atoms with Crippen LogP contribution in [-0.2, 0) is 14.8 Å². The Kier molecular flexibility index (Phi) is 10.0. The molecular formula is C21H23KN2O8S. The van der Waals surface area contributed by atoms with E-state index in [-0.39, 0.29) is 73.2 Å². The molecule has 10 nitrogen and oxygen atoms in total. The van der Waals surface area contributed by atoms with Gasteiger partial charge < -0.3 is 25.4 Å². The van der Waals surface area contributed by atoms with Crippen molar-refractivity contribution >= 4 is 22.0 Å². The number of ether oxygens (including phenoxy) is 1. The Morgan fingerprint density at radius 1 is 0.939 bits per heavy atom. The van der Waals surface area contributed by atoms with E-state index in [1.54, 1.807) is 0 Å². The van der Waals surface area contributed by atoms with E-state index < -0.39 is 27.7 Å². The van der Waals surface area contributed by atoms with Crippen molar-refractivity contribution in [2.24, 2.45) is 0 Å². The first kappa shape index (κ1) is 27.9. The largest absolute Gasteiger partial charge is 1.00 e. The van der Waals surface area contributed by atoms with Gasteiger partial charge in [-0.3, -0.25) is 0 Å². The molecule has 2 aliphatic heterocycles. The Bertz CT molecular complexity index is 1070. The first-order valence-corrected chi connectivity index (χ1v) is 11.3. The number of sulfonamides is 1. The van der Waals surface area contributed by atoms with E-state index in [0.717, 1.165) is 0 Å². The van der Waals surface area contributed by atoms with Crippen molar-refractivity contribution in [1.82, 2.24) is 9.62 Å². The molecule has 0 aromatic heterocycles. The van der Waals surface area contributed by atoms with Crippen molar-refractivity contribution in [3.63, 3.8) is 0 Å². The van der Waals surface area contributed by atoms with E-state index in [1.165, 1.54) is 52.8 Å². The minimum atomic E-state index is -3.70. The average molecular weight is 503 g/mol. The van der Waals surface area contributed by atoms with Gasteiger partial charge in [-0.1, -0.05) is 12.1 Å². The summed E-state index contributed by atoms with van der Waals surface area (Å²) in [5, 5.41) is 30.9. The van der Waals surface area contributed by atoms with Crippen LogP contribution in [0.4, 0.5) is 0 Å². The van der Waals surface area contributed by atoms with Crippen LogP contribution in [0.25, 0.3) is 0 Å². The zero-order valence-electron chi connectivity index (χ0n) is 18.1. The molecule has 2 aromatic rings. The van der Waals surface area contributed by atoms with Crippen LogP contribution in [-0.4, -0.2) is 66.8 Å². The summed E-state index contributed by atoms with van der Waals surface area (Å²) in [6.07, 6.45) is 1.22. The summed E-state index contributed by atoms with van der Waals surface area (Å²) in [5.74, 6) is -2.27. The topological polar surface area (TPSA) is 156 Å². The van der Waals surface area contributed by atoms with E-state index >= 15 is 0 Å². The van der Waals surface area contributed by atoms with Gasteiger partial charge in [-0.05, 0) is 49.5 Å². The summed E-state index contributed by atoms with van der Waals surface area (Å²) in [5.41, 5.74) is -0.567. The van der Waals surface area contributed by atoms with Crippen molar-refractivity contribution in [2.75, 3.05) is 26.2 Å². The Hall–Kier alpha value is -1.35. The van der Waals surface area contributed by atoms with Gasteiger partial charge in [-0.25, -0.2) is 18.0 Å². The zero-order chi connectivity index (χ0) is 23.4. The summed E-state index contributed by atoms with van der Waals surface area (Å²) in [6, 6.07) is 10.3. The monoisotopic (exact) mass is 502 g/mol. The fourth-order valence-corrected chi connectivity index (χ4v) is 5.36. The molecule has 2 aromatic carbocycles. The smallest absolute Gasteiger partial charge is 0.872 e. The number of aromatic carboxylic acids is 2. The molecule has 172 valence electrons. The Balaban J connectivity index is 0.000000297. The molecule has 33 heavy (non-hydrogen) atoms. The van der Waals surface area contributed by atoms with Crippen molar-refractivity contribution in [3.05, 3.63) is 59.7 Å². The van der Waals surface area contributed by atoms with Gasteiger partial charge in [0.1, 0.15) is 5.72 Å². The van der Waals surface area contributed by atoms with Gasteiger partial charge in [0.15, 0.2) is 0 Å². The second kappa shape index (κ2) is 11.9. The van der Waals surface area contributed by atoms with E-state index in [4.69, 9.17) is 14.9 Å². The number of hydrogen-bond donors (Lipinski definition) is 3. The first-order chi connectivity index (χ1) is 15.2. The van der Waals surface area contributed by atoms with Crippen molar-refractivity contribution in [1.29, 1.82) is 0 Å². The molecule has 0 atom stereocenters. The number of nitrogens with zero attached hydrogens (tertiary/aromatic N) is 1. The predicted molar refractivity (Wildman–Crippen MR) is 111 cm³/mol. The normalized spacial score (nSPS) is 17.5. The standard InChI is InChI=1S/C14H18N2O5S.C7H6O3.K/c17-13(18)11-1-3-12(4-2-11)22(19,20)16-9-10-21-14(16)5-7-15-8-6-14;8-6-3-1-5(2-4-6)7(9)10;/h1-4,15H,5-10H2,(H,17,18);1-4,8H,(H,9,10);/q;;+1/p-1. The summed E-state index contributed by atoms with van der Waals surface area (Å²) in [6.45, 7) is 2.13. The maximum absolute atomic E-state index is 12.9. The van der Waals surface area contributed by atoms with Crippen molar-refractivity contribution in [2.45, 2.75) is 23.5 Å². The number of carbonyl (C=O) groups is 2. The minimum absolute atomic E-state index is 0. The number of piperidine rings is 1. The molecule has 4 rings (SSSR count). The van der Waals surface area contributed by atoms with Crippen molar-refractivity contribution < 1.29 is 89.4 Å². The fourth-order valence-electron chi connectivity index (χ4n) is 3.64. The molecule has 1 spiro atoms. The molecule has 0 unspecified atom stereocenters. The third-order valence-electron chi connectivity index (χ3n) is 5.30. The fraction of sp³-hybridized carbons (Fsp3) is 0.333. The van der Waals surface area contributed by atoms with E-state index in [0.29, 0.717) is 39.1 Å². The maximum Gasteiger partial charge on any atom is 1.00 e. The van der Waals surface area contributed by atoms with Crippen molar-refractivity contribution in [3.8, 4) is 5.75 Å². The molecule has 0 aliphatic carbocycles. The van der Waals surface area contributed by atoms with Gasteiger partial charge in [0.25, 0.3) is 0 Å². The SMILES string of the molecule is O=C(O)c1ccc(S(=O)(=O)N2CCOC23CCNCC3)cc1.O=C(O)c1ccc([O-])cc1.[K+]. The maximum atomic E-state index is 12.9. The summed E-state index contributed by atoms with van der Waals surface area (Å²) >= 11 is 0. The number of hydrogen-bond acceptors (Lipinski definition) is 7. The van der Waals surface area contributed by atoms with Crippen LogP contribution in [0.1, 0.15) is 33.6 Å². The van der Waals surface area contributed by atoms with E-state index in [1.807, 2.05) is 0 Å². The Morgan fingerprint density at radius 3 is 1.91 bits per heavy atom. The van der Waals surface area contributed by atoms with Crippen LogP contribution in [0.5, 0.6) is 5.75 Å². The molecule has 3 N–H and O–H groups in total. The molecule has 12 heteroatoms. The van der Waals surface area contributed by atoms with Gasteiger partial charge in [0.2, 0.25) is 10.0 Å². The zero-order valence-corrected chi connectivity index (χ0v) is 22.0. The van der Waals surface area contributed by atoms with Gasteiger partial charge in [-0.15, -0.1) is 5.75 Å². The molecule has 2 aliphatic rings. The van der Waals surface area contributed by atoms with Crippen LogP contribution >= 0.6 is 0 Å². The average Bonchev–Trinajstić information content (AvgIpc) is 3.18. The van der Waals surface area contributed by atoms with Gasteiger partial charge >= 0.3 is 63.3 Å². The molecule has 0 amide bonds. The molecule has 0 radical (unpaired) electrons. The number of carboxylic acids is 2. The summed E-state index contributed by atoms with van der Waals surface area (Å²) < 4.78 is 32.9. The quantitative estimate of drug-likeness (QED) is 0.400. The summed E-state index contributed by atoms with van der Waals surface area (Å²) in [7, 11) is -3.70. The third-order valence-corrected chi connectivity index (χ3v) is 7.26. The number of rotatable bonds is 4. The molecule has 2 heterocycles. The molecule has 2 saturated heterocycles. The van der Waals surface area contributed by atoms with E-state index in [9.17, 15) is 23.1 Å². The molecule has 0 bridgehead atoms. The molecular weight excluding hydrogens is 479 g/mol. The number of nitrogens with one attached hydrogen (secondary N) is 1. The second-order valence-corrected chi connectivity index (χ2v) is 9.14. The summed E-state index contributed by atoms with van der Waals surface area (Å²) in [4.78, 5) is 21.2. The van der Waals surface area contributed by atoms with Crippen LogP contribution in [0.3, 0.4) is 0 Å². The van der Waals surface area contributed by atoms with Crippen LogP contribution in [0, 0.1) is 0 Å². The molecule has 0 saturated carbocycles. The molecule has 2 fully saturated rings. The van der Waals surface area contributed by atoms with E-state index in [2.05, 4.69) is 5.32 Å². The van der Waals surface area contributed by atoms with Crippen LogP contribution in [0.15, 0.2) is 53.4 Å². The Labute approximate surface area is 234 Å². The van der Waals surface area contributed by atoms with Gasteiger partial charge in [-0.2, -0.15) is 4.31 Å². The van der Waals surface area contributed by atoms with Crippen LogP contribution < -0.4 is 61.8 Å². The van der Waals surface area contributed by atoms with Crippen LogP contribution in [0.2, 0.25) is 0 Å². The minimum Gasteiger partial charge on any atom is -0.872 e. The first-order valence-electron chi connectivity index (χ1n) is 9.87. The third kappa shape index (κ3) is 6.62. The van der Waals surface area contributed by atoms with Gasteiger partial charge in [0, 0.05) is 19.4 Å². The second-order valence-electron chi connectivity index (χ2n) is 7.28. The van der Waals surface area contributed by atoms with Gasteiger partial charge in [0.05, 0.1) is 22.6 Å². The number of carboxylic acid groups (broad SMARTS) is 2.